The number of rotatable bonds is 3. The first-order chi connectivity index (χ1) is 9.31. The van der Waals surface area contributed by atoms with Crippen LogP contribution in [0.4, 0.5) is 0 Å². The fourth-order valence-electron chi connectivity index (χ4n) is 3.54. The Hall–Kier alpha value is -0.420. The fraction of sp³-hybridized carbons (Fsp3) is 0.857. The number of alkyl halides is 1. The molecule has 2 heterocycles. The minimum atomic E-state index is 0.485. The summed E-state index contributed by atoms with van der Waals surface area (Å²) >= 11 is 3.79. The Labute approximate surface area is 123 Å². The molecular weight excluding hydrogens is 304 g/mol. The van der Waals surface area contributed by atoms with Gasteiger partial charge in [0, 0.05) is 25.0 Å². The molecule has 2 aliphatic rings. The third kappa shape index (κ3) is 3.02. The number of aromatic nitrogens is 3. The lowest BCUT2D eigenvalue weighted by Gasteiger charge is -2.38. The van der Waals surface area contributed by atoms with E-state index >= 15 is 0 Å². The Bertz CT molecular complexity index is 409. The number of hydrogen-bond donors (Lipinski definition) is 0. The summed E-state index contributed by atoms with van der Waals surface area (Å²) in [5.74, 6) is 1.13. The summed E-state index contributed by atoms with van der Waals surface area (Å²) in [6, 6.07) is 0. The van der Waals surface area contributed by atoms with Crippen molar-refractivity contribution in [2.24, 2.45) is 5.41 Å². The monoisotopic (exact) mass is 326 g/mol. The molecule has 106 valence electrons. The van der Waals surface area contributed by atoms with Gasteiger partial charge >= 0.3 is 0 Å². The summed E-state index contributed by atoms with van der Waals surface area (Å²) < 4.78 is 2.18. The summed E-state index contributed by atoms with van der Waals surface area (Å²) in [6.45, 7) is 4.36. The molecule has 1 saturated carbocycles. The van der Waals surface area contributed by atoms with Gasteiger partial charge in [-0.2, -0.15) is 0 Å². The van der Waals surface area contributed by atoms with Crippen molar-refractivity contribution in [2.75, 3.05) is 18.4 Å². The lowest BCUT2D eigenvalue weighted by Crippen LogP contribution is -2.42. The molecule has 1 aliphatic heterocycles. The first kappa shape index (κ1) is 13.6. The standard InChI is InChI=1S/C14H23BrN4/c15-10-14(5-3-1-2-4-6-14)11-18-7-8-19-12-16-17-13(19)9-18/h12H,1-11H2. The summed E-state index contributed by atoms with van der Waals surface area (Å²) in [6.07, 6.45) is 10.2. The Balaban J connectivity index is 1.66. The van der Waals surface area contributed by atoms with Gasteiger partial charge in [-0.1, -0.05) is 41.6 Å². The summed E-state index contributed by atoms with van der Waals surface area (Å²) in [7, 11) is 0. The molecule has 0 N–H and O–H groups in total. The van der Waals surface area contributed by atoms with Gasteiger partial charge in [0.2, 0.25) is 0 Å². The van der Waals surface area contributed by atoms with Crippen LogP contribution in [0.2, 0.25) is 0 Å². The van der Waals surface area contributed by atoms with E-state index in [-0.39, 0.29) is 0 Å². The topological polar surface area (TPSA) is 34.0 Å². The first-order valence-electron chi connectivity index (χ1n) is 7.46. The van der Waals surface area contributed by atoms with Crippen molar-refractivity contribution in [2.45, 2.75) is 51.6 Å². The molecule has 1 aromatic heterocycles. The molecule has 0 aromatic carbocycles. The van der Waals surface area contributed by atoms with Crippen molar-refractivity contribution < 1.29 is 0 Å². The van der Waals surface area contributed by atoms with Gasteiger partial charge in [-0.3, -0.25) is 4.90 Å². The van der Waals surface area contributed by atoms with Crippen LogP contribution in [0.25, 0.3) is 0 Å². The number of fused-ring (bicyclic) bond motifs is 1. The predicted octanol–water partition coefficient (Wildman–Crippen LogP) is 2.83. The second-order valence-corrected chi connectivity index (χ2v) is 6.76. The summed E-state index contributed by atoms with van der Waals surface area (Å²) in [5, 5.41) is 9.38. The van der Waals surface area contributed by atoms with Crippen LogP contribution in [0, 0.1) is 5.41 Å². The van der Waals surface area contributed by atoms with Gasteiger partial charge < -0.3 is 4.57 Å². The Kier molecular flexibility index (Phi) is 4.22. The maximum Gasteiger partial charge on any atom is 0.147 e. The quantitative estimate of drug-likeness (QED) is 0.632. The van der Waals surface area contributed by atoms with Gasteiger partial charge in [-0.25, -0.2) is 0 Å². The van der Waals surface area contributed by atoms with Crippen LogP contribution in [-0.4, -0.2) is 38.1 Å². The van der Waals surface area contributed by atoms with E-state index in [9.17, 15) is 0 Å². The Morgan fingerprint density at radius 2 is 1.95 bits per heavy atom. The normalized spacial score (nSPS) is 23.8. The molecule has 1 fully saturated rings. The van der Waals surface area contributed by atoms with Crippen molar-refractivity contribution in [1.29, 1.82) is 0 Å². The second-order valence-electron chi connectivity index (χ2n) is 6.20. The van der Waals surface area contributed by atoms with Crippen molar-refractivity contribution in [3.8, 4) is 0 Å². The van der Waals surface area contributed by atoms with E-state index < -0.39 is 0 Å². The first-order valence-corrected chi connectivity index (χ1v) is 8.59. The molecule has 3 rings (SSSR count). The number of nitrogens with zero attached hydrogens (tertiary/aromatic N) is 4. The zero-order valence-electron chi connectivity index (χ0n) is 11.5. The largest absolute Gasteiger partial charge is 0.315 e. The van der Waals surface area contributed by atoms with Gasteiger partial charge in [-0.15, -0.1) is 10.2 Å². The van der Waals surface area contributed by atoms with E-state index in [0.717, 1.165) is 30.8 Å². The highest BCUT2D eigenvalue weighted by Crippen LogP contribution is 2.38. The van der Waals surface area contributed by atoms with E-state index in [1.54, 1.807) is 0 Å². The fourth-order valence-corrected chi connectivity index (χ4v) is 4.28. The van der Waals surface area contributed by atoms with E-state index in [4.69, 9.17) is 0 Å². The molecule has 1 aromatic rings. The zero-order valence-corrected chi connectivity index (χ0v) is 13.1. The van der Waals surface area contributed by atoms with E-state index in [1.165, 1.54) is 45.1 Å². The van der Waals surface area contributed by atoms with Gasteiger partial charge in [0.1, 0.15) is 12.2 Å². The second kappa shape index (κ2) is 5.92. The molecule has 0 bridgehead atoms. The van der Waals surface area contributed by atoms with Crippen molar-refractivity contribution >= 4 is 15.9 Å². The molecule has 4 nitrogen and oxygen atoms in total. The van der Waals surface area contributed by atoms with Crippen LogP contribution >= 0.6 is 15.9 Å². The zero-order chi connectivity index (χ0) is 13.1. The molecule has 0 amide bonds. The van der Waals surface area contributed by atoms with Gasteiger partial charge in [0.25, 0.3) is 0 Å². The molecule has 0 atom stereocenters. The molecule has 0 spiro atoms. The lowest BCUT2D eigenvalue weighted by atomic mass is 9.82. The molecule has 0 unspecified atom stereocenters. The number of halogens is 1. The summed E-state index contributed by atoms with van der Waals surface area (Å²) in [4.78, 5) is 2.58. The van der Waals surface area contributed by atoms with Crippen LogP contribution in [0.15, 0.2) is 6.33 Å². The van der Waals surface area contributed by atoms with Crippen LogP contribution in [0.1, 0.15) is 44.3 Å². The van der Waals surface area contributed by atoms with E-state index in [0.29, 0.717) is 5.41 Å². The predicted molar refractivity (Wildman–Crippen MR) is 79.2 cm³/mol. The average Bonchev–Trinajstić information content (AvgIpc) is 2.77. The molecule has 1 aliphatic carbocycles. The minimum Gasteiger partial charge on any atom is -0.315 e. The molecule has 19 heavy (non-hydrogen) atoms. The van der Waals surface area contributed by atoms with Gasteiger partial charge in [-0.05, 0) is 18.3 Å². The molecule has 5 heteroatoms. The van der Waals surface area contributed by atoms with E-state index in [1.807, 2.05) is 6.33 Å². The van der Waals surface area contributed by atoms with Gasteiger partial charge in [0.15, 0.2) is 0 Å². The van der Waals surface area contributed by atoms with Crippen molar-refractivity contribution in [1.82, 2.24) is 19.7 Å². The maximum atomic E-state index is 4.23. The van der Waals surface area contributed by atoms with Crippen molar-refractivity contribution in [3.05, 3.63) is 12.2 Å². The van der Waals surface area contributed by atoms with Gasteiger partial charge in [0.05, 0.1) is 6.54 Å². The Morgan fingerprint density at radius 3 is 2.68 bits per heavy atom. The van der Waals surface area contributed by atoms with E-state index in [2.05, 4.69) is 35.6 Å². The smallest absolute Gasteiger partial charge is 0.147 e. The van der Waals surface area contributed by atoms with Crippen molar-refractivity contribution in [3.63, 3.8) is 0 Å². The molecule has 0 saturated heterocycles. The maximum absolute atomic E-state index is 4.23. The van der Waals surface area contributed by atoms with Crippen LogP contribution in [0.5, 0.6) is 0 Å². The highest BCUT2D eigenvalue weighted by atomic mass is 79.9. The third-order valence-electron chi connectivity index (χ3n) is 4.72. The third-order valence-corrected chi connectivity index (χ3v) is 5.91. The number of hydrogen-bond acceptors (Lipinski definition) is 3. The highest BCUT2D eigenvalue weighted by Gasteiger charge is 2.33. The van der Waals surface area contributed by atoms with Crippen LogP contribution in [-0.2, 0) is 13.1 Å². The molecule has 0 radical (unpaired) electrons. The Morgan fingerprint density at radius 1 is 1.16 bits per heavy atom. The lowest BCUT2D eigenvalue weighted by molar-refractivity contribution is 0.124. The molecular formula is C14H23BrN4. The van der Waals surface area contributed by atoms with Crippen LogP contribution < -0.4 is 0 Å². The SMILES string of the molecule is BrCC1(CN2CCn3cnnc3C2)CCCCCC1. The minimum absolute atomic E-state index is 0.485. The highest BCUT2D eigenvalue weighted by molar-refractivity contribution is 9.09. The summed E-state index contributed by atoms with van der Waals surface area (Å²) in [5.41, 5.74) is 0.485. The van der Waals surface area contributed by atoms with Crippen LogP contribution in [0.3, 0.4) is 0 Å². The average molecular weight is 327 g/mol.